The molecule has 0 saturated heterocycles. The standard InChI is InChI=1S/C17H16N4O4S/c22-26(23,14-4-5-15-16(11-14)25-10-9-24-15)20-12-13-3-1-6-18-17(13)21-8-2-7-19-21/h1-8,11,20H,9-10,12H2. The number of nitrogens with one attached hydrogen (secondary N) is 1. The van der Waals surface area contributed by atoms with Crippen LogP contribution in [0.2, 0.25) is 0 Å². The van der Waals surface area contributed by atoms with E-state index in [0.29, 0.717) is 36.1 Å². The topological polar surface area (TPSA) is 95.3 Å². The van der Waals surface area contributed by atoms with E-state index in [0.717, 1.165) is 0 Å². The van der Waals surface area contributed by atoms with E-state index >= 15 is 0 Å². The lowest BCUT2D eigenvalue weighted by Gasteiger charge is -2.19. The molecule has 26 heavy (non-hydrogen) atoms. The van der Waals surface area contributed by atoms with Crippen LogP contribution >= 0.6 is 0 Å². The molecule has 1 aliphatic rings. The molecule has 0 aliphatic carbocycles. The Labute approximate surface area is 150 Å². The molecule has 3 heterocycles. The van der Waals surface area contributed by atoms with Crippen molar-refractivity contribution >= 4 is 10.0 Å². The van der Waals surface area contributed by atoms with Crippen LogP contribution in [0.15, 0.2) is 59.9 Å². The lowest BCUT2D eigenvalue weighted by Crippen LogP contribution is -2.24. The molecular formula is C17H16N4O4S. The van der Waals surface area contributed by atoms with Gasteiger partial charge in [0.05, 0.1) is 4.90 Å². The van der Waals surface area contributed by atoms with E-state index in [-0.39, 0.29) is 11.4 Å². The maximum absolute atomic E-state index is 12.6. The molecular weight excluding hydrogens is 356 g/mol. The fourth-order valence-corrected chi connectivity index (χ4v) is 3.64. The molecule has 1 aliphatic heterocycles. The molecule has 9 heteroatoms. The maximum Gasteiger partial charge on any atom is 0.241 e. The van der Waals surface area contributed by atoms with Crippen molar-refractivity contribution in [1.82, 2.24) is 19.5 Å². The fraction of sp³-hybridized carbons (Fsp3) is 0.176. The Hall–Kier alpha value is -2.91. The van der Waals surface area contributed by atoms with Gasteiger partial charge in [-0.2, -0.15) is 5.10 Å². The third-order valence-electron chi connectivity index (χ3n) is 3.87. The lowest BCUT2D eigenvalue weighted by atomic mass is 10.2. The predicted octanol–water partition coefficient (Wildman–Crippen LogP) is 1.52. The second-order valence-corrected chi connectivity index (χ2v) is 7.33. The van der Waals surface area contributed by atoms with Crippen LogP contribution in [0.3, 0.4) is 0 Å². The monoisotopic (exact) mass is 372 g/mol. The molecule has 0 bridgehead atoms. The van der Waals surface area contributed by atoms with Gasteiger partial charge in [-0.1, -0.05) is 6.07 Å². The summed E-state index contributed by atoms with van der Waals surface area (Å²) in [6.07, 6.45) is 5.02. The van der Waals surface area contributed by atoms with E-state index in [9.17, 15) is 8.42 Å². The summed E-state index contributed by atoms with van der Waals surface area (Å²) < 4.78 is 40.3. The van der Waals surface area contributed by atoms with E-state index < -0.39 is 10.0 Å². The van der Waals surface area contributed by atoms with Gasteiger partial charge in [-0.3, -0.25) is 0 Å². The highest BCUT2D eigenvalue weighted by Crippen LogP contribution is 2.32. The minimum Gasteiger partial charge on any atom is -0.486 e. The molecule has 8 nitrogen and oxygen atoms in total. The van der Waals surface area contributed by atoms with Crippen LogP contribution in [0.4, 0.5) is 0 Å². The Bertz CT molecular complexity index is 1020. The van der Waals surface area contributed by atoms with Gasteiger partial charge in [0.25, 0.3) is 0 Å². The average Bonchev–Trinajstić information content (AvgIpc) is 3.21. The van der Waals surface area contributed by atoms with Crippen molar-refractivity contribution in [3.8, 4) is 17.3 Å². The third-order valence-corrected chi connectivity index (χ3v) is 5.26. The van der Waals surface area contributed by atoms with Crippen LogP contribution in [0, 0.1) is 0 Å². The van der Waals surface area contributed by atoms with Gasteiger partial charge < -0.3 is 9.47 Å². The minimum absolute atomic E-state index is 0.0831. The van der Waals surface area contributed by atoms with E-state index in [1.807, 2.05) is 0 Å². The molecule has 134 valence electrons. The van der Waals surface area contributed by atoms with Gasteiger partial charge in [-0.15, -0.1) is 0 Å². The lowest BCUT2D eigenvalue weighted by molar-refractivity contribution is 0.171. The highest BCUT2D eigenvalue weighted by molar-refractivity contribution is 7.89. The number of sulfonamides is 1. The summed E-state index contributed by atoms with van der Waals surface area (Å²) in [4.78, 5) is 4.40. The van der Waals surface area contributed by atoms with Crippen LogP contribution in [-0.4, -0.2) is 36.4 Å². The molecule has 0 amide bonds. The van der Waals surface area contributed by atoms with Crippen LogP contribution in [-0.2, 0) is 16.6 Å². The predicted molar refractivity (Wildman–Crippen MR) is 92.8 cm³/mol. The Morgan fingerprint density at radius 1 is 1.08 bits per heavy atom. The van der Waals surface area contributed by atoms with Crippen molar-refractivity contribution in [1.29, 1.82) is 0 Å². The second kappa shape index (κ2) is 6.77. The van der Waals surface area contributed by atoms with Gasteiger partial charge in [0, 0.05) is 36.8 Å². The number of ether oxygens (including phenoxy) is 2. The van der Waals surface area contributed by atoms with Crippen molar-refractivity contribution in [2.24, 2.45) is 0 Å². The Morgan fingerprint density at radius 2 is 1.92 bits per heavy atom. The molecule has 1 N–H and O–H groups in total. The summed E-state index contributed by atoms with van der Waals surface area (Å²) in [6.45, 7) is 0.932. The number of aromatic nitrogens is 3. The zero-order valence-corrected chi connectivity index (χ0v) is 14.5. The van der Waals surface area contributed by atoms with Gasteiger partial charge in [-0.25, -0.2) is 22.8 Å². The Balaban J connectivity index is 1.56. The number of benzene rings is 1. The molecule has 0 fully saturated rings. The van der Waals surface area contributed by atoms with Crippen molar-refractivity contribution in [3.63, 3.8) is 0 Å². The fourth-order valence-electron chi connectivity index (χ4n) is 2.62. The van der Waals surface area contributed by atoms with Crippen molar-refractivity contribution in [2.75, 3.05) is 13.2 Å². The number of pyridine rings is 1. The van der Waals surface area contributed by atoms with Crippen molar-refractivity contribution in [3.05, 3.63) is 60.6 Å². The molecule has 1 aromatic carbocycles. The van der Waals surface area contributed by atoms with Crippen LogP contribution in [0.5, 0.6) is 11.5 Å². The molecule has 0 radical (unpaired) electrons. The second-order valence-electron chi connectivity index (χ2n) is 5.57. The zero-order chi connectivity index (χ0) is 18.0. The van der Waals surface area contributed by atoms with E-state index in [4.69, 9.17) is 9.47 Å². The molecule has 4 rings (SSSR count). The van der Waals surface area contributed by atoms with Crippen molar-refractivity contribution < 1.29 is 17.9 Å². The minimum atomic E-state index is -3.72. The van der Waals surface area contributed by atoms with Crippen LogP contribution < -0.4 is 14.2 Å². The van der Waals surface area contributed by atoms with Gasteiger partial charge in [0.15, 0.2) is 17.3 Å². The average molecular weight is 372 g/mol. The summed E-state index contributed by atoms with van der Waals surface area (Å²) in [7, 11) is -3.72. The highest BCUT2D eigenvalue weighted by Gasteiger charge is 2.20. The summed E-state index contributed by atoms with van der Waals surface area (Å²) >= 11 is 0. The van der Waals surface area contributed by atoms with Gasteiger partial charge in [0.1, 0.15) is 13.2 Å². The van der Waals surface area contributed by atoms with E-state index in [2.05, 4.69) is 14.8 Å². The number of rotatable bonds is 5. The number of nitrogens with zero attached hydrogens (tertiary/aromatic N) is 3. The largest absolute Gasteiger partial charge is 0.486 e. The number of fused-ring (bicyclic) bond motifs is 1. The Morgan fingerprint density at radius 3 is 2.73 bits per heavy atom. The first-order valence-corrected chi connectivity index (χ1v) is 9.45. The number of hydrogen-bond donors (Lipinski definition) is 1. The first kappa shape index (κ1) is 16.6. The van der Waals surface area contributed by atoms with Gasteiger partial charge >= 0.3 is 0 Å². The van der Waals surface area contributed by atoms with E-state index in [1.165, 1.54) is 12.1 Å². The van der Waals surface area contributed by atoms with Crippen LogP contribution in [0.1, 0.15) is 5.56 Å². The highest BCUT2D eigenvalue weighted by atomic mass is 32.2. The quantitative estimate of drug-likeness (QED) is 0.730. The zero-order valence-electron chi connectivity index (χ0n) is 13.7. The van der Waals surface area contributed by atoms with Crippen LogP contribution in [0.25, 0.3) is 5.82 Å². The first-order chi connectivity index (χ1) is 12.6. The molecule has 0 spiro atoms. The molecule has 0 atom stereocenters. The van der Waals surface area contributed by atoms with Gasteiger partial charge in [0.2, 0.25) is 10.0 Å². The number of hydrogen-bond acceptors (Lipinski definition) is 6. The first-order valence-electron chi connectivity index (χ1n) is 7.97. The normalized spacial score (nSPS) is 13.5. The van der Waals surface area contributed by atoms with E-state index in [1.54, 1.807) is 47.5 Å². The Kier molecular flexibility index (Phi) is 4.31. The maximum atomic E-state index is 12.6. The smallest absolute Gasteiger partial charge is 0.241 e. The SMILES string of the molecule is O=S(=O)(NCc1cccnc1-n1cccn1)c1ccc2c(c1)OCCO2. The summed E-state index contributed by atoms with van der Waals surface area (Å²) in [5.74, 6) is 1.54. The summed E-state index contributed by atoms with van der Waals surface area (Å²) in [5, 5.41) is 4.14. The molecule has 3 aromatic rings. The molecule has 0 saturated carbocycles. The molecule has 0 unspecified atom stereocenters. The van der Waals surface area contributed by atoms with Gasteiger partial charge in [-0.05, 0) is 24.3 Å². The summed E-state index contributed by atoms with van der Waals surface area (Å²) in [5.41, 5.74) is 0.706. The summed E-state index contributed by atoms with van der Waals surface area (Å²) in [6, 6.07) is 9.89. The van der Waals surface area contributed by atoms with Crippen molar-refractivity contribution in [2.45, 2.75) is 11.4 Å². The third kappa shape index (κ3) is 3.26. The molecule has 2 aromatic heterocycles.